The Balaban J connectivity index is 1.57. The van der Waals surface area contributed by atoms with Gasteiger partial charge in [-0.25, -0.2) is 0 Å². The minimum atomic E-state index is -0.546. The highest BCUT2D eigenvalue weighted by atomic mass is 16.2. The Labute approximate surface area is 147 Å². The zero-order valence-electron chi connectivity index (χ0n) is 14.4. The van der Waals surface area contributed by atoms with Crippen molar-refractivity contribution in [3.8, 4) is 0 Å². The maximum Gasteiger partial charge on any atom is 0.243 e. The number of carbonyl (C=O) groups is 2. The first-order valence-electron chi connectivity index (χ1n) is 8.73. The second kappa shape index (κ2) is 7.96. The van der Waals surface area contributed by atoms with Gasteiger partial charge in [0.25, 0.3) is 0 Å². The molecular formula is C19H24N4O2. The number of hydrogen-bond acceptors (Lipinski definition) is 3. The van der Waals surface area contributed by atoms with E-state index in [-0.39, 0.29) is 17.9 Å². The maximum absolute atomic E-state index is 12.5. The van der Waals surface area contributed by atoms with Crippen LogP contribution in [0.3, 0.4) is 0 Å². The third-order valence-electron chi connectivity index (χ3n) is 4.19. The number of hydrogen-bond donors (Lipinski definition) is 2. The Kier molecular flexibility index (Phi) is 5.48. The third-order valence-corrected chi connectivity index (χ3v) is 4.19. The van der Waals surface area contributed by atoms with Crippen LogP contribution in [-0.2, 0) is 22.6 Å². The van der Waals surface area contributed by atoms with Gasteiger partial charge in [0.15, 0.2) is 0 Å². The van der Waals surface area contributed by atoms with E-state index in [9.17, 15) is 9.59 Å². The first-order valence-corrected chi connectivity index (χ1v) is 8.73. The van der Waals surface area contributed by atoms with Crippen molar-refractivity contribution in [3.63, 3.8) is 0 Å². The van der Waals surface area contributed by atoms with E-state index >= 15 is 0 Å². The number of carbonyl (C=O) groups excluding carboxylic acids is 2. The fourth-order valence-electron chi connectivity index (χ4n) is 2.66. The van der Waals surface area contributed by atoms with Gasteiger partial charge in [-0.05, 0) is 30.9 Å². The normalized spacial score (nSPS) is 14.8. The predicted molar refractivity (Wildman–Crippen MR) is 94.8 cm³/mol. The molecule has 2 amide bonds. The van der Waals surface area contributed by atoms with Gasteiger partial charge >= 0.3 is 0 Å². The number of aryl methyl sites for hydroxylation is 2. The van der Waals surface area contributed by atoms with E-state index in [2.05, 4.69) is 15.7 Å². The van der Waals surface area contributed by atoms with Crippen molar-refractivity contribution in [3.05, 3.63) is 53.9 Å². The van der Waals surface area contributed by atoms with Crippen LogP contribution in [0.5, 0.6) is 0 Å². The topological polar surface area (TPSA) is 76.0 Å². The monoisotopic (exact) mass is 340 g/mol. The molecule has 3 rings (SSSR count). The fourth-order valence-corrected chi connectivity index (χ4v) is 2.66. The molecule has 1 aromatic heterocycles. The number of nitrogens with one attached hydrogen (secondary N) is 2. The van der Waals surface area contributed by atoms with E-state index in [0.717, 1.165) is 24.0 Å². The van der Waals surface area contributed by atoms with Gasteiger partial charge in [0.05, 0.1) is 6.20 Å². The summed E-state index contributed by atoms with van der Waals surface area (Å²) in [4.78, 5) is 24.8. The lowest BCUT2D eigenvalue weighted by molar-refractivity contribution is -0.129. The van der Waals surface area contributed by atoms with Gasteiger partial charge in [0.1, 0.15) is 6.04 Å². The lowest BCUT2D eigenvalue weighted by Crippen LogP contribution is -2.48. The van der Waals surface area contributed by atoms with Crippen molar-refractivity contribution >= 4 is 11.8 Å². The molecule has 1 heterocycles. The lowest BCUT2D eigenvalue weighted by Gasteiger charge is -2.18. The van der Waals surface area contributed by atoms with E-state index in [0.29, 0.717) is 19.4 Å². The number of nitrogens with zero attached hydrogens (tertiary/aromatic N) is 2. The molecule has 2 N–H and O–H groups in total. The Morgan fingerprint density at radius 1 is 1.28 bits per heavy atom. The first-order chi connectivity index (χ1) is 12.1. The summed E-state index contributed by atoms with van der Waals surface area (Å²) in [6, 6.07) is 9.48. The second-order valence-corrected chi connectivity index (χ2v) is 6.62. The molecule has 6 nitrogen and oxygen atoms in total. The second-order valence-electron chi connectivity index (χ2n) is 6.62. The van der Waals surface area contributed by atoms with Crippen molar-refractivity contribution in [1.82, 2.24) is 20.4 Å². The first kappa shape index (κ1) is 17.2. The largest absolute Gasteiger partial charge is 0.352 e. The molecule has 0 bridgehead atoms. The van der Waals surface area contributed by atoms with E-state index in [4.69, 9.17) is 0 Å². The van der Waals surface area contributed by atoms with Crippen LogP contribution < -0.4 is 10.6 Å². The minimum Gasteiger partial charge on any atom is -0.352 e. The van der Waals surface area contributed by atoms with Gasteiger partial charge < -0.3 is 10.6 Å². The summed E-state index contributed by atoms with van der Waals surface area (Å²) in [5, 5.41) is 10.0. The van der Waals surface area contributed by atoms with E-state index in [1.165, 1.54) is 0 Å². The molecule has 1 atom stereocenters. The molecule has 2 aromatic rings. The summed E-state index contributed by atoms with van der Waals surface area (Å²) in [6.45, 7) is 2.46. The molecule has 1 aromatic carbocycles. The highest BCUT2D eigenvalue weighted by molar-refractivity contribution is 5.88. The Bertz CT molecular complexity index is 722. The smallest absolute Gasteiger partial charge is 0.243 e. The lowest BCUT2D eigenvalue weighted by atomic mass is 10.0. The summed E-state index contributed by atoms with van der Waals surface area (Å²) in [7, 11) is 0. The Morgan fingerprint density at radius 3 is 2.68 bits per heavy atom. The van der Waals surface area contributed by atoms with Crippen LogP contribution in [0.1, 0.15) is 30.4 Å². The van der Waals surface area contributed by atoms with Crippen LogP contribution in [0.25, 0.3) is 0 Å². The van der Waals surface area contributed by atoms with Crippen LogP contribution in [0.15, 0.2) is 42.7 Å². The summed E-state index contributed by atoms with van der Waals surface area (Å²) in [5.74, 6) is -0.241. The SMILES string of the molecule is Cc1cnn(CCC(=O)N[C@@H](Cc2ccccc2)C(=O)NC2CC2)c1. The van der Waals surface area contributed by atoms with E-state index < -0.39 is 6.04 Å². The fraction of sp³-hybridized carbons (Fsp3) is 0.421. The van der Waals surface area contributed by atoms with E-state index in [1.54, 1.807) is 10.9 Å². The molecule has 1 aliphatic rings. The van der Waals surface area contributed by atoms with Gasteiger partial charge in [-0.2, -0.15) is 5.10 Å². The Morgan fingerprint density at radius 2 is 2.04 bits per heavy atom. The molecule has 0 aliphatic heterocycles. The highest BCUT2D eigenvalue weighted by Gasteiger charge is 2.28. The quantitative estimate of drug-likeness (QED) is 0.766. The van der Waals surface area contributed by atoms with E-state index in [1.807, 2.05) is 43.5 Å². The van der Waals surface area contributed by atoms with Crippen LogP contribution in [0.2, 0.25) is 0 Å². The Hall–Kier alpha value is -2.63. The average molecular weight is 340 g/mol. The van der Waals surface area contributed by atoms with Crippen molar-refractivity contribution in [2.45, 2.75) is 51.2 Å². The molecule has 1 aliphatic carbocycles. The number of rotatable bonds is 8. The highest BCUT2D eigenvalue weighted by Crippen LogP contribution is 2.19. The van der Waals surface area contributed by atoms with Crippen molar-refractivity contribution in [1.29, 1.82) is 0 Å². The molecule has 1 fully saturated rings. The maximum atomic E-state index is 12.5. The molecule has 25 heavy (non-hydrogen) atoms. The van der Waals surface area contributed by atoms with Crippen LogP contribution >= 0.6 is 0 Å². The van der Waals surface area contributed by atoms with Crippen molar-refractivity contribution in [2.24, 2.45) is 0 Å². The third kappa shape index (κ3) is 5.45. The zero-order chi connectivity index (χ0) is 17.6. The standard InChI is InChI=1S/C19H24N4O2/c1-14-12-20-23(13-14)10-9-18(24)22-17(19(25)21-16-7-8-16)11-15-5-3-2-4-6-15/h2-6,12-13,16-17H,7-11H2,1H3,(H,21,25)(H,22,24)/t17-/m0/s1. The molecule has 132 valence electrons. The summed E-state index contributed by atoms with van der Waals surface area (Å²) in [6.07, 6.45) is 6.50. The summed E-state index contributed by atoms with van der Waals surface area (Å²) < 4.78 is 1.74. The number of amides is 2. The van der Waals surface area contributed by atoms with Crippen LogP contribution in [-0.4, -0.2) is 33.7 Å². The van der Waals surface area contributed by atoms with Gasteiger partial charge in [0.2, 0.25) is 11.8 Å². The summed E-state index contributed by atoms with van der Waals surface area (Å²) in [5.41, 5.74) is 2.09. The molecule has 0 radical (unpaired) electrons. The average Bonchev–Trinajstić information content (AvgIpc) is 3.32. The molecule has 0 saturated heterocycles. The van der Waals surface area contributed by atoms with Crippen LogP contribution in [0, 0.1) is 6.92 Å². The summed E-state index contributed by atoms with van der Waals surface area (Å²) >= 11 is 0. The minimum absolute atomic E-state index is 0.102. The van der Waals surface area contributed by atoms with Gasteiger partial charge in [-0.3, -0.25) is 14.3 Å². The van der Waals surface area contributed by atoms with Gasteiger partial charge in [-0.1, -0.05) is 30.3 Å². The molecular weight excluding hydrogens is 316 g/mol. The molecule has 1 saturated carbocycles. The molecule has 0 unspecified atom stereocenters. The van der Waals surface area contributed by atoms with Crippen molar-refractivity contribution in [2.75, 3.05) is 0 Å². The van der Waals surface area contributed by atoms with Gasteiger partial charge in [-0.15, -0.1) is 0 Å². The predicted octanol–water partition coefficient (Wildman–Crippen LogP) is 1.59. The van der Waals surface area contributed by atoms with Gasteiger partial charge in [0, 0.05) is 31.6 Å². The number of aromatic nitrogens is 2. The number of benzene rings is 1. The zero-order valence-corrected chi connectivity index (χ0v) is 14.4. The van der Waals surface area contributed by atoms with Crippen molar-refractivity contribution < 1.29 is 9.59 Å². The molecule has 6 heteroatoms. The van der Waals surface area contributed by atoms with Crippen LogP contribution in [0.4, 0.5) is 0 Å². The molecule has 0 spiro atoms.